The molecule has 2 aromatic carbocycles. The lowest BCUT2D eigenvalue weighted by atomic mass is 10.1. The third-order valence-corrected chi connectivity index (χ3v) is 4.62. The number of carbonyl (C=O) groups is 2. The van der Waals surface area contributed by atoms with Crippen molar-refractivity contribution >= 4 is 22.7 Å². The highest BCUT2D eigenvalue weighted by molar-refractivity contribution is 6.29. The average molecular weight is 408 g/mol. The van der Waals surface area contributed by atoms with Gasteiger partial charge in [-0.05, 0) is 55.4 Å². The lowest BCUT2D eigenvalue weighted by Gasteiger charge is -2.30. The zero-order valence-corrected chi connectivity index (χ0v) is 16.7. The fourth-order valence-electron chi connectivity index (χ4n) is 3.20. The van der Waals surface area contributed by atoms with Crippen molar-refractivity contribution in [2.24, 2.45) is 0 Å². The summed E-state index contributed by atoms with van der Waals surface area (Å²) in [6.07, 6.45) is 5.83. The number of carboxylic acid groups (broad SMARTS) is 1. The van der Waals surface area contributed by atoms with Crippen LogP contribution < -0.4 is 9.47 Å². The third-order valence-electron chi connectivity index (χ3n) is 4.62. The monoisotopic (exact) mass is 408 g/mol. The number of nitrogens with zero attached hydrogens (tertiary/aromatic N) is 2. The van der Waals surface area contributed by atoms with E-state index in [0.29, 0.717) is 5.75 Å². The van der Waals surface area contributed by atoms with Crippen molar-refractivity contribution in [3.8, 4) is 11.5 Å². The average Bonchev–Trinajstić information content (AvgIpc) is 2.74. The van der Waals surface area contributed by atoms with Gasteiger partial charge in [0.1, 0.15) is 17.6 Å². The molecule has 1 fully saturated rings. The second-order valence-electron chi connectivity index (χ2n) is 7.04. The van der Waals surface area contributed by atoms with Crippen molar-refractivity contribution in [2.75, 3.05) is 20.1 Å². The maximum Gasteiger partial charge on any atom is 0.422 e. The van der Waals surface area contributed by atoms with Crippen LogP contribution in [-0.2, 0) is 9.59 Å². The van der Waals surface area contributed by atoms with Gasteiger partial charge < -0.3 is 19.5 Å². The Morgan fingerprint density at radius 1 is 1.07 bits per heavy atom. The Bertz CT molecular complexity index is 942. The maximum absolute atomic E-state index is 11.0. The van der Waals surface area contributed by atoms with Crippen LogP contribution in [-0.4, -0.2) is 53.2 Å². The summed E-state index contributed by atoms with van der Waals surface area (Å²) < 4.78 is 10.5. The van der Waals surface area contributed by atoms with Crippen LogP contribution in [0.3, 0.4) is 0 Å². The lowest BCUT2D eigenvalue weighted by molar-refractivity contribution is -0.158. The number of piperidine rings is 1. The molecule has 0 saturated carbocycles. The van der Waals surface area contributed by atoms with E-state index in [9.17, 15) is 9.59 Å². The van der Waals surface area contributed by atoms with Crippen LogP contribution in [0, 0.1) is 0 Å². The summed E-state index contributed by atoms with van der Waals surface area (Å²) in [5, 5.41) is 10.9. The molecule has 0 aliphatic carbocycles. The molecule has 0 radical (unpaired) electrons. The standard InChI is InChI=1S/C14H17NO5.C9H7N/c1-15-7-3-6-12(9-15)19-10-4-2-5-11(8-10)20-14(18)13(16)17;1-2-4-9-7-10-6-5-8(9)3-1/h2,4-5,8,12H,3,6-7,9H2,1H3,(H,16,17);1-7H. The molecule has 3 aromatic rings. The van der Waals surface area contributed by atoms with Gasteiger partial charge >= 0.3 is 11.9 Å². The first-order chi connectivity index (χ1) is 14.5. The first kappa shape index (κ1) is 21.3. The van der Waals surface area contributed by atoms with Gasteiger partial charge in [0.2, 0.25) is 0 Å². The smallest absolute Gasteiger partial charge is 0.422 e. The highest BCUT2D eigenvalue weighted by atomic mass is 16.6. The number of likely N-dealkylation sites (N-methyl/N-ethyl adjacent to an activating group) is 1. The van der Waals surface area contributed by atoms with Gasteiger partial charge in [-0.15, -0.1) is 0 Å². The summed E-state index contributed by atoms with van der Waals surface area (Å²) in [7, 11) is 2.04. The van der Waals surface area contributed by atoms with Crippen molar-refractivity contribution in [1.82, 2.24) is 9.88 Å². The molecule has 7 heteroatoms. The van der Waals surface area contributed by atoms with Gasteiger partial charge in [-0.1, -0.05) is 30.3 Å². The molecule has 0 bridgehead atoms. The second-order valence-corrected chi connectivity index (χ2v) is 7.04. The molecular weight excluding hydrogens is 384 g/mol. The summed E-state index contributed by atoms with van der Waals surface area (Å²) in [5.74, 6) is -2.19. The van der Waals surface area contributed by atoms with E-state index in [4.69, 9.17) is 14.6 Å². The number of ether oxygens (including phenoxy) is 2. The number of fused-ring (bicyclic) bond motifs is 1. The number of carbonyl (C=O) groups excluding carboxylic acids is 1. The Balaban J connectivity index is 0.000000212. The Hall–Kier alpha value is -3.45. The summed E-state index contributed by atoms with van der Waals surface area (Å²) in [6.45, 7) is 1.91. The first-order valence-electron chi connectivity index (χ1n) is 9.70. The SMILES string of the molecule is CN1CCCC(Oc2cccc(OC(=O)C(=O)O)c2)C1.c1ccc2cnccc2c1. The quantitative estimate of drug-likeness (QED) is 0.404. The molecule has 7 nitrogen and oxygen atoms in total. The Labute approximate surface area is 174 Å². The van der Waals surface area contributed by atoms with E-state index in [-0.39, 0.29) is 11.9 Å². The molecule has 1 aliphatic rings. The fraction of sp³-hybridized carbons (Fsp3) is 0.261. The number of rotatable bonds is 3. The maximum atomic E-state index is 11.0. The number of benzene rings is 2. The van der Waals surface area contributed by atoms with E-state index in [2.05, 4.69) is 22.0 Å². The van der Waals surface area contributed by atoms with Gasteiger partial charge in [0, 0.05) is 25.0 Å². The molecule has 30 heavy (non-hydrogen) atoms. The van der Waals surface area contributed by atoms with E-state index < -0.39 is 11.9 Å². The summed E-state index contributed by atoms with van der Waals surface area (Å²) in [6, 6.07) is 16.6. The Kier molecular flexibility index (Phi) is 7.34. The minimum Gasteiger partial charge on any atom is -0.489 e. The molecule has 1 saturated heterocycles. The summed E-state index contributed by atoms with van der Waals surface area (Å²) >= 11 is 0. The summed E-state index contributed by atoms with van der Waals surface area (Å²) in [4.78, 5) is 27.6. The normalized spacial score (nSPS) is 16.2. The van der Waals surface area contributed by atoms with Crippen molar-refractivity contribution < 1.29 is 24.2 Å². The molecule has 1 atom stereocenters. The molecule has 0 spiro atoms. The zero-order valence-electron chi connectivity index (χ0n) is 16.7. The van der Waals surface area contributed by atoms with Crippen molar-refractivity contribution in [1.29, 1.82) is 0 Å². The second kappa shape index (κ2) is 10.4. The van der Waals surface area contributed by atoms with Gasteiger partial charge in [-0.2, -0.15) is 0 Å². The minimum absolute atomic E-state index is 0.0965. The number of likely N-dealkylation sites (tertiary alicyclic amines) is 1. The van der Waals surface area contributed by atoms with Crippen LogP contribution in [0.2, 0.25) is 0 Å². The minimum atomic E-state index is -1.62. The van der Waals surface area contributed by atoms with Crippen LogP contribution in [0.25, 0.3) is 10.8 Å². The Morgan fingerprint density at radius 3 is 2.57 bits per heavy atom. The molecule has 2 heterocycles. The predicted molar refractivity (Wildman–Crippen MR) is 113 cm³/mol. The van der Waals surface area contributed by atoms with Crippen LogP contribution in [0.1, 0.15) is 12.8 Å². The van der Waals surface area contributed by atoms with E-state index in [1.807, 2.05) is 37.6 Å². The van der Waals surface area contributed by atoms with Crippen LogP contribution >= 0.6 is 0 Å². The van der Waals surface area contributed by atoms with Gasteiger partial charge in [0.15, 0.2) is 0 Å². The predicted octanol–water partition coefficient (Wildman–Crippen LogP) is 3.38. The van der Waals surface area contributed by atoms with Crippen LogP contribution in [0.15, 0.2) is 67.0 Å². The fourth-order valence-corrected chi connectivity index (χ4v) is 3.20. The molecule has 1 aliphatic heterocycles. The van der Waals surface area contributed by atoms with Crippen molar-refractivity contribution in [3.63, 3.8) is 0 Å². The van der Waals surface area contributed by atoms with Gasteiger partial charge in [0.05, 0.1) is 0 Å². The largest absolute Gasteiger partial charge is 0.489 e. The molecule has 1 N–H and O–H groups in total. The number of aliphatic carboxylic acids is 1. The highest BCUT2D eigenvalue weighted by Crippen LogP contribution is 2.23. The lowest BCUT2D eigenvalue weighted by Crippen LogP contribution is -2.38. The van der Waals surface area contributed by atoms with E-state index in [1.165, 1.54) is 22.9 Å². The van der Waals surface area contributed by atoms with Crippen LogP contribution in [0.5, 0.6) is 11.5 Å². The van der Waals surface area contributed by atoms with Crippen molar-refractivity contribution in [2.45, 2.75) is 18.9 Å². The number of pyridine rings is 1. The highest BCUT2D eigenvalue weighted by Gasteiger charge is 2.19. The number of hydrogen-bond donors (Lipinski definition) is 1. The van der Waals surface area contributed by atoms with Gasteiger partial charge in [-0.3, -0.25) is 4.98 Å². The number of hydrogen-bond acceptors (Lipinski definition) is 6. The number of esters is 1. The van der Waals surface area contributed by atoms with Crippen molar-refractivity contribution in [3.05, 3.63) is 67.0 Å². The molecule has 1 unspecified atom stereocenters. The molecule has 1 aromatic heterocycles. The van der Waals surface area contributed by atoms with E-state index in [0.717, 1.165) is 25.9 Å². The van der Waals surface area contributed by atoms with E-state index in [1.54, 1.807) is 12.1 Å². The third kappa shape index (κ3) is 6.28. The van der Waals surface area contributed by atoms with Gasteiger partial charge in [0.25, 0.3) is 0 Å². The first-order valence-corrected chi connectivity index (χ1v) is 9.70. The molecule has 0 amide bonds. The summed E-state index contributed by atoms with van der Waals surface area (Å²) in [5.41, 5.74) is 0. The zero-order chi connectivity index (χ0) is 21.3. The molecular formula is C23H24N2O5. The molecule has 156 valence electrons. The van der Waals surface area contributed by atoms with E-state index >= 15 is 0 Å². The number of carboxylic acids is 1. The van der Waals surface area contributed by atoms with Gasteiger partial charge in [-0.25, -0.2) is 9.59 Å². The number of aromatic nitrogens is 1. The topological polar surface area (TPSA) is 89.0 Å². The Morgan fingerprint density at radius 2 is 1.83 bits per heavy atom. The van der Waals surface area contributed by atoms with Crippen LogP contribution in [0.4, 0.5) is 0 Å². The molecule has 4 rings (SSSR count).